The number of nitrogen functional groups attached to an aromatic ring is 1. The van der Waals surface area contributed by atoms with Gasteiger partial charge in [0.25, 0.3) is 0 Å². The third-order valence-electron chi connectivity index (χ3n) is 3.79. The van der Waals surface area contributed by atoms with E-state index in [1.807, 2.05) is 37.3 Å². The predicted molar refractivity (Wildman–Crippen MR) is 83.7 cm³/mol. The Morgan fingerprint density at radius 3 is 2.57 bits per heavy atom. The van der Waals surface area contributed by atoms with E-state index >= 15 is 0 Å². The maximum absolute atomic E-state index is 5.93. The number of hydrogen-bond acceptors (Lipinski definition) is 4. The van der Waals surface area contributed by atoms with Crippen LogP contribution < -0.4 is 10.6 Å². The fourth-order valence-electron chi connectivity index (χ4n) is 2.58. The molecule has 0 bridgehead atoms. The molecule has 0 spiro atoms. The van der Waals surface area contributed by atoms with Gasteiger partial charge in [0, 0.05) is 29.7 Å². The van der Waals surface area contributed by atoms with Crippen molar-refractivity contribution in [2.45, 2.75) is 26.0 Å². The van der Waals surface area contributed by atoms with Gasteiger partial charge in [0.15, 0.2) is 6.23 Å². The average Bonchev–Trinajstić information content (AvgIpc) is 3.10. The van der Waals surface area contributed by atoms with Crippen LogP contribution in [0.15, 0.2) is 30.3 Å². The molecular formula is C15H19ClN4O. The molecule has 1 aromatic carbocycles. The van der Waals surface area contributed by atoms with Gasteiger partial charge in [-0.2, -0.15) is 0 Å². The largest absolute Gasteiger partial charge is 0.458 e. The highest BCUT2D eigenvalue weighted by atomic mass is 35.5. The number of halogens is 1. The van der Waals surface area contributed by atoms with Gasteiger partial charge in [0.2, 0.25) is 5.88 Å². The van der Waals surface area contributed by atoms with Crippen LogP contribution in [0.4, 0.5) is 0 Å². The summed E-state index contributed by atoms with van der Waals surface area (Å²) in [5, 5.41) is 5.00. The van der Waals surface area contributed by atoms with Crippen LogP contribution in [0.5, 0.6) is 5.88 Å². The Morgan fingerprint density at radius 1 is 1.24 bits per heavy atom. The van der Waals surface area contributed by atoms with Crippen LogP contribution in [0, 0.1) is 0 Å². The molecule has 1 fully saturated rings. The lowest BCUT2D eigenvalue weighted by Crippen LogP contribution is -2.35. The Morgan fingerprint density at radius 2 is 1.90 bits per heavy atom. The third-order valence-corrected chi connectivity index (χ3v) is 4.04. The van der Waals surface area contributed by atoms with Gasteiger partial charge in [-0.05, 0) is 31.9 Å². The fourth-order valence-corrected chi connectivity index (χ4v) is 2.71. The molecule has 1 atom stereocenters. The molecule has 2 aromatic rings. The van der Waals surface area contributed by atoms with Gasteiger partial charge in [-0.3, -0.25) is 4.90 Å². The first kappa shape index (κ1) is 14.2. The summed E-state index contributed by atoms with van der Waals surface area (Å²) in [7, 11) is 0. The molecule has 1 aromatic heterocycles. The first-order valence-corrected chi connectivity index (χ1v) is 7.53. The van der Waals surface area contributed by atoms with Gasteiger partial charge >= 0.3 is 0 Å². The van der Waals surface area contributed by atoms with Crippen molar-refractivity contribution in [2.75, 3.05) is 18.9 Å². The van der Waals surface area contributed by atoms with Gasteiger partial charge in [0.05, 0.1) is 5.69 Å². The molecule has 1 aliphatic heterocycles. The van der Waals surface area contributed by atoms with Gasteiger partial charge in [0.1, 0.15) is 0 Å². The number of rotatable bonds is 4. The van der Waals surface area contributed by atoms with Crippen molar-refractivity contribution in [3.05, 3.63) is 35.4 Å². The van der Waals surface area contributed by atoms with Crippen LogP contribution in [0.2, 0.25) is 5.02 Å². The summed E-state index contributed by atoms with van der Waals surface area (Å²) < 4.78 is 5.93. The summed E-state index contributed by atoms with van der Waals surface area (Å²) in [6, 6.07) is 9.35. The van der Waals surface area contributed by atoms with Crippen LogP contribution >= 0.6 is 11.6 Å². The van der Waals surface area contributed by atoms with E-state index in [4.69, 9.17) is 22.2 Å². The van der Waals surface area contributed by atoms with E-state index in [0.29, 0.717) is 10.9 Å². The van der Waals surface area contributed by atoms with Crippen molar-refractivity contribution in [3.63, 3.8) is 0 Å². The second kappa shape index (κ2) is 5.95. The lowest BCUT2D eigenvalue weighted by atomic mass is 10.2. The SMILES string of the molecule is CC(Oc1cc(-c2ccc(Cl)cc2)nn1N)N1CCCC1. The molecule has 0 amide bonds. The molecule has 21 heavy (non-hydrogen) atoms. The van der Waals surface area contributed by atoms with Gasteiger partial charge < -0.3 is 10.6 Å². The summed E-state index contributed by atoms with van der Waals surface area (Å²) in [4.78, 5) is 3.59. The van der Waals surface area contributed by atoms with Gasteiger partial charge in [-0.15, -0.1) is 9.89 Å². The maximum Gasteiger partial charge on any atom is 0.234 e. The normalized spacial score (nSPS) is 17.0. The minimum absolute atomic E-state index is 0.00423. The highest BCUT2D eigenvalue weighted by Gasteiger charge is 2.21. The highest BCUT2D eigenvalue weighted by Crippen LogP contribution is 2.25. The summed E-state index contributed by atoms with van der Waals surface area (Å²) in [5.41, 5.74) is 1.74. The first-order valence-electron chi connectivity index (χ1n) is 7.15. The van der Waals surface area contributed by atoms with Crippen LogP contribution in [0.25, 0.3) is 11.3 Å². The number of nitrogens with two attached hydrogens (primary N) is 1. The molecular weight excluding hydrogens is 288 g/mol. The van der Waals surface area contributed by atoms with Crippen molar-refractivity contribution < 1.29 is 4.74 Å². The maximum atomic E-state index is 5.93. The molecule has 1 saturated heterocycles. The molecule has 3 rings (SSSR count). The highest BCUT2D eigenvalue weighted by molar-refractivity contribution is 6.30. The summed E-state index contributed by atoms with van der Waals surface area (Å²) in [6.07, 6.45) is 2.46. The molecule has 0 radical (unpaired) electrons. The first-order chi connectivity index (χ1) is 10.1. The Balaban J connectivity index is 1.76. The molecule has 0 saturated carbocycles. The number of likely N-dealkylation sites (tertiary alicyclic amines) is 1. The number of ether oxygens (including phenoxy) is 1. The lowest BCUT2D eigenvalue weighted by Gasteiger charge is -2.23. The fraction of sp³-hybridized carbons (Fsp3) is 0.400. The Labute approximate surface area is 129 Å². The Bertz CT molecular complexity index is 605. The number of aromatic nitrogens is 2. The van der Waals surface area contributed by atoms with Crippen molar-refractivity contribution in [2.24, 2.45) is 0 Å². The minimum Gasteiger partial charge on any atom is -0.458 e. The molecule has 112 valence electrons. The predicted octanol–water partition coefficient (Wildman–Crippen LogP) is 2.74. The van der Waals surface area contributed by atoms with Crippen LogP contribution in [0.3, 0.4) is 0 Å². The summed E-state index contributed by atoms with van der Waals surface area (Å²) in [5.74, 6) is 6.46. The zero-order valence-electron chi connectivity index (χ0n) is 12.0. The zero-order valence-corrected chi connectivity index (χ0v) is 12.8. The van der Waals surface area contributed by atoms with E-state index in [1.54, 1.807) is 0 Å². The van der Waals surface area contributed by atoms with E-state index in [-0.39, 0.29) is 6.23 Å². The number of hydrogen-bond donors (Lipinski definition) is 1. The minimum atomic E-state index is 0.00423. The molecule has 1 unspecified atom stereocenters. The number of benzene rings is 1. The zero-order chi connectivity index (χ0) is 14.8. The van der Waals surface area contributed by atoms with Crippen molar-refractivity contribution >= 4 is 11.6 Å². The molecule has 6 heteroatoms. The quantitative estimate of drug-likeness (QED) is 0.883. The number of nitrogens with zero attached hydrogens (tertiary/aromatic N) is 3. The monoisotopic (exact) mass is 306 g/mol. The average molecular weight is 307 g/mol. The van der Waals surface area contributed by atoms with Crippen molar-refractivity contribution in [1.29, 1.82) is 0 Å². The van der Waals surface area contributed by atoms with Gasteiger partial charge in [-0.25, -0.2) is 0 Å². The van der Waals surface area contributed by atoms with E-state index in [0.717, 1.165) is 24.3 Å². The standard InChI is InChI=1S/C15H19ClN4O/c1-11(19-8-2-3-9-19)21-15-10-14(18-20(15)17)12-4-6-13(16)7-5-12/h4-7,10-11H,2-3,8-9,17H2,1H3. The molecule has 5 nitrogen and oxygen atoms in total. The second-order valence-corrected chi connectivity index (χ2v) is 5.72. The van der Waals surface area contributed by atoms with E-state index in [9.17, 15) is 0 Å². The summed E-state index contributed by atoms with van der Waals surface area (Å²) >= 11 is 5.90. The van der Waals surface area contributed by atoms with Crippen LogP contribution in [-0.4, -0.2) is 34.1 Å². The van der Waals surface area contributed by atoms with Crippen molar-refractivity contribution in [3.8, 4) is 17.1 Å². The Hall–Kier alpha value is -1.72. The van der Waals surface area contributed by atoms with E-state index in [1.165, 1.54) is 17.6 Å². The van der Waals surface area contributed by atoms with Gasteiger partial charge in [-0.1, -0.05) is 23.7 Å². The molecule has 0 aliphatic carbocycles. The van der Waals surface area contributed by atoms with E-state index < -0.39 is 0 Å². The third kappa shape index (κ3) is 3.14. The van der Waals surface area contributed by atoms with E-state index in [2.05, 4.69) is 10.00 Å². The smallest absolute Gasteiger partial charge is 0.234 e. The van der Waals surface area contributed by atoms with Crippen molar-refractivity contribution in [1.82, 2.24) is 14.8 Å². The molecule has 2 heterocycles. The second-order valence-electron chi connectivity index (χ2n) is 5.28. The molecule has 1 aliphatic rings. The molecule has 2 N–H and O–H groups in total. The van der Waals surface area contributed by atoms with Crippen LogP contribution in [0.1, 0.15) is 19.8 Å². The lowest BCUT2D eigenvalue weighted by molar-refractivity contribution is 0.0521. The van der Waals surface area contributed by atoms with Crippen LogP contribution in [-0.2, 0) is 0 Å². The summed E-state index contributed by atoms with van der Waals surface area (Å²) in [6.45, 7) is 4.19. The topological polar surface area (TPSA) is 56.3 Å². The Kier molecular flexibility index (Phi) is 4.03.